The van der Waals surface area contributed by atoms with E-state index in [1.54, 1.807) is 12.1 Å². The summed E-state index contributed by atoms with van der Waals surface area (Å²) in [7, 11) is 0. The second kappa shape index (κ2) is 11.1. The fourth-order valence-corrected chi connectivity index (χ4v) is 2.02. The molecule has 0 spiro atoms. The summed E-state index contributed by atoms with van der Waals surface area (Å²) >= 11 is 0. The average molecular weight is 361 g/mol. The normalized spacial score (nSPS) is 13.8. The highest BCUT2D eigenvalue weighted by Gasteiger charge is 2.19. The summed E-state index contributed by atoms with van der Waals surface area (Å²) < 4.78 is 5.11. The van der Waals surface area contributed by atoms with Gasteiger partial charge in [0, 0.05) is 32.1 Å². The Balaban J connectivity index is 0.000000260. The second-order valence-electron chi connectivity index (χ2n) is 6.67. The molecule has 0 aromatic carbocycles. The monoisotopic (exact) mass is 361 g/mol. The van der Waals surface area contributed by atoms with Gasteiger partial charge in [0.05, 0.1) is 0 Å². The van der Waals surface area contributed by atoms with Crippen molar-refractivity contribution in [3.63, 3.8) is 0 Å². The number of hydrogen-bond donors (Lipinski definition) is 2. The molecule has 8 heteroatoms. The van der Waals surface area contributed by atoms with E-state index in [4.69, 9.17) is 11.2 Å². The van der Waals surface area contributed by atoms with E-state index in [9.17, 15) is 9.59 Å². The Bertz CT molecular complexity index is 601. The van der Waals surface area contributed by atoms with Gasteiger partial charge in [-0.05, 0) is 45.7 Å². The highest BCUT2D eigenvalue weighted by molar-refractivity contribution is 5.89. The predicted octanol–water partition coefficient (Wildman–Crippen LogP) is 2.35. The molecule has 1 aromatic rings. The molecule has 1 fully saturated rings. The van der Waals surface area contributed by atoms with E-state index in [1.165, 1.54) is 6.20 Å². The second-order valence-corrected chi connectivity index (χ2v) is 6.67. The maximum atomic E-state index is 11.2. The number of carbonyl (C=O) groups is 2. The first-order valence-corrected chi connectivity index (χ1v) is 8.56. The number of rotatable bonds is 4. The van der Waals surface area contributed by atoms with Crippen LogP contribution in [0.15, 0.2) is 18.3 Å². The Labute approximate surface area is 154 Å². The molecular formula is C18H27N5O3. The Hall–Kier alpha value is -2.66. The summed E-state index contributed by atoms with van der Waals surface area (Å²) in [5, 5.41) is 11.8. The molecule has 142 valence electrons. The lowest BCUT2D eigenvalue weighted by molar-refractivity contribution is -0.116. The minimum atomic E-state index is -0.413. The van der Waals surface area contributed by atoms with Gasteiger partial charge in [0.1, 0.15) is 5.60 Å². The topological polar surface area (TPSA) is 96.5 Å². The first-order valence-electron chi connectivity index (χ1n) is 8.56. The number of terminal acetylenes is 1. The standard InChI is InChI=1S/C9H9N3O.C9H18N2O2/c1-2-3-6-9(13)11-8-5-4-7-10-12-8;1-9(2,3)13-8(12)10-11-6-4-5-7-11/h1,4-5,7H,3,6H2,(H,11,12,13);4-7H2,1-3H3,(H,10,12). The third kappa shape index (κ3) is 10.3. The van der Waals surface area contributed by atoms with Crippen LogP contribution in [0.25, 0.3) is 0 Å². The fraction of sp³-hybridized carbons (Fsp3) is 0.556. The summed E-state index contributed by atoms with van der Waals surface area (Å²) in [5.74, 6) is 2.70. The van der Waals surface area contributed by atoms with Gasteiger partial charge in [0.25, 0.3) is 0 Å². The van der Waals surface area contributed by atoms with Gasteiger partial charge >= 0.3 is 6.09 Å². The molecule has 1 aliphatic heterocycles. The van der Waals surface area contributed by atoms with Crippen molar-refractivity contribution in [2.24, 2.45) is 0 Å². The largest absolute Gasteiger partial charge is 0.443 e. The highest BCUT2D eigenvalue weighted by atomic mass is 16.6. The quantitative estimate of drug-likeness (QED) is 0.799. The van der Waals surface area contributed by atoms with Gasteiger partial charge in [0.15, 0.2) is 5.82 Å². The van der Waals surface area contributed by atoms with Crippen LogP contribution in [-0.4, -0.2) is 45.9 Å². The van der Waals surface area contributed by atoms with E-state index in [0.717, 1.165) is 25.9 Å². The fourth-order valence-electron chi connectivity index (χ4n) is 2.02. The van der Waals surface area contributed by atoms with Crippen molar-refractivity contribution in [2.75, 3.05) is 18.4 Å². The van der Waals surface area contributed by atoms with Crippen LogP contribution in [-0.2, 0) is 9.53 Å². The van der Waals surface area contributed by atoms with Gasteiger partial charge in [-0.2, -0.15) is 5.10 Å². The molecule has 8 nitrogen and oxygen atoms in total. The van der Waals surface area contributed by atoms with Crippen molar-refractivity contribution in [2.45, 2.75) is 52.1 Å². The van der Waals surface area contributed by atoms with Crippen molar-refractivity contribution in [3.8, 4) is 12.3 Å². The molecule has 0 atom stereocenters. The van der Waals surface area contributed by atoms with Gasteiger partial charge in [-0.1, -0.05) is 0 Å². The number of carbonyl (C=O) groups excluding carboxylic acids is 2. The molecule has 0 unspecified atom stereocenters. The number of ether oxygens (including phenoxy) is 1. The van der Waals surface area contributed by atoms with E-state index in [1.807, 2.05) is 25.8 Å². The molecule has 0 bridgehead atoms. The Kier molecular flexibility index (Phi) is 9.09. The van der Waals surface area contributed by atoms with E-state index in [2.05, 4.69) is 26.9 Å². The number of nitrogens with one attached hydrogen (secondary N) is 2. The van der Waals surface area contributed by atoms with Crippen LogP contribution in [0.5, 0.6) is 0 Å². The third-order valence-corrected chi connectivity index (χ3v) is 3.09. The van der Waals surface area contributed by atoms with Crippen LogP contribution >= 0.6 is 0 Å². The number of hydrogen-bond acceptors (Lipinski definition) is 6. The van der Waals surface area contributed by atoms with E-state index < -0.39 is 5.60 Å². The molecular weight excluding hydrogens is 334 g/mol. The molecule has 2 amide bonds. The van der Waals surface area contributed by atoms with Crippen LogP contribution in [0, 0.1) is 12.3 Å². The molecule has 2 rings (SSSR count). The summed E-state index contributed by atoms with van der Waals surface area (Å²) in [6, 6.07) is 3.37. The van der Waals surface area contributed by atoms with Gasteiger partial charge in [-0.15, -0.1) is 17.4 Å². The summed E-state index contributed by atoms with van der Waals surface area (Å²) in [5.41, 5.74) is 2.29. The van der Waals surface area contributed by atoms with Crippen LogP contribution in [0.4, 0.5) is 10.6 Å². The molecule has 1 saturated heterocycles. The maximum absolute atomic E-state index is 11.2. The molecule has 2 heterocycles. The lowest BCUT2D eigenvalue weighted by Gasteiger charge is -2.22. The van der Waals surface area contributed by atoms with Crippen molar-refractivity contribution >= 4 is 17.8 Å². The summed E-state index contributed by atoms with van der Waals surface area (Å²) in [6.45, 7) is 7.43. The number of hydrazine groups is 1. The predicted molar refractivity (Wildman–Crippen MR) is 98.9 cm³/mol. The van der Waals surface area contributed by atoms with Crippen LogP contribution < -0.4 is 10.7 Å². The zero-order valence-corrected chi connectivity index (χ0v) is 15.6. The number of aromatic nitrogens is 2. The zero-order chi connectivity index (χ0) is 19.4. The van der Waals surface area contributed by atoms with Gasteiger partial charge in [0.2, 0.25) is 5.91 Å². The molecule has 0 saturated carbocycles. The molecule has 2 N–H and O–H groups in total. The first kappa shape index (κ1) is 21.4. The van der Waals surface area contributed by atoms with E-state index in [-0.39, 0.29) is 12.0 Å². The van der Waals surface area contributed by atoms with E-state index >= 15 is 0 Å². The molecule has 26 heavy (non-hydrogen) atoms. The number of amides is 2. The zero-order valence-electron chi connectivity index (χ0n) is 15.6. The van der Waals surface area contributed by atoms with Crippen LogP contribution in [0.3, 0.4) is 0 Å². The SMILES string of the molecule is C#CCCC(=O)Nc1cccnn1.CC(C)(C)OC(=O)NN1CCCC1. The minimum Gasteiger partial charge on any atom is -0.443 e. The van der Waals surface area contributed by atoms with Gasteiger partial charge < -0.3 is 10.1 Å². The Morgan fingerprint density at radius 3 is 2.58 bits per heavy atom. The smallest absolute Gasteiger partial charge is 0.422 e. The third-order valence-electron chi connectivity index (χ3n) is 3.09. The Morgan fingerprint density at radius 1 is 1.35 bits per heavy atom. The van der Waals surface area contributed by atoms with Gasteiger partial charge in [-0.25, -0.2) is 9.80 Å². The Morgan fingerprint density at radius 2 is 2.04 bits per heavy atom. The van der Waals surface area contributed by atoms with Crippen LogP contribution in [0.2, 0.25) is 0 Å². The van der Waals surface area contributed by atoms with E-state index in [0.29, 0.717) is 18.7 Å². The first-order chi connectivity index (χ1) is 12.3. The van der Waals surface area contributed by atoms with Gasteiger partial charge in [-0.3, -0.25) is 10.2 Å². The number of nitrogens with zero attached hydrogens (tertiary/aromatic N) is 3. The summed E-state index contributed by atoms with van der Waals surface area (Å²) in [6.07, 6.45) is 9.24. The van der Waals surface area contributed by atoms with Crippen molar-refractivity contribution in [1.29, 1.82) is 0 Å². The van der Waals surface area contributed by atoms with Crippen molar-refractivity contribution in [3.05, 3.63) is 18.3 Å². The van der Waals surface area contributed by atoms with Crippen molar-refractivity contribution in [1.82, 2.24) is 20.6 Å². The lowest BCUT2D eigenvalue weighted by atomic mass is 10.2. The molecule has 1 aromatic heterocycles. The average Bonchev–Trinajstić information content (AvgIpc) is 3.05. The minimum absolute atomic E-state index is 0.140. The summed E-state index contributed by atoms with van der Waals surface area (Å²) in [4.78, 5) is 22.3. The number of anilines is 1. The lowest BCUT2D eigenvalue weighted by Crippen LogP contribution is -2.43. The highest BCUT2D eigenvalue weighted by Crippen LogP contribution is 2.08. The van der Waals surface area contributed by atoms with Crippen molar-refractivity contribution < 1.29 is 14.3 Å². The maximum Gasteiger partial charge on any atom is 0.422 e. The molecule has 0 radical (unpaired) electrons. The van der Waals surface area contributed by atoms with Crippen LogP contribution in [0.1, 0.15) is 46.5 Å². The molecule has 1 aliphatic rings. The molecule has 0 aliphatic carbocycles.